The number of aromatic nitrogens is 2. The summed E-state index contributed by atoms with van der Waals surface area (Å²) in [7, 11) is 0. The standard InChI is InChI=1S/C20H31N5O/c1-14-12-21-15(2)19(22-14)24-10-7-18(8-11-24)25-9-3-4-16(13-25)20(26)23-17-5-6-17/h12,16-18H,3-11,13H2,1-2H3,(H,23,26)/t16-/m1/s1. The summed E-state index contributed by atoms with van der Waals surface area (Å²) in [5, 5.41) is 3.20. The van der Waals surface area contributed by atoms with Gasteiger partial charge >= 0.3 is 0 Å². The summed E-state index contributed by atoms with van der Waals surface area (Å²) in [4.78, 5) is 26.5. The molecule has 0 radical (unpaired) electrons. The van der Waals surface area contributed by atoms with Crippen LogP contribution in [0.2, 0.25) is 0 Å². The highest BCUT2D eigenvalue weighted by atomic mass is 16.2. The molecule has 3 heterocycles. The quantitative estimate of drug-likeness (QED) is 0.894. The zero-order chi connectivity index (χ0) is 18.1. The number of nitrogens with one attached hydrogen (secondary N) is 1. The van der Waals surface area contributed by atoms with Gasteiger partial charge in [0, 0.05) is 37.9 Å². The minimum Gasteiger partial charge on any atom is -0.355 e. The van der Waals surface area contributed by atoms with E-state index in [0.717, 1.165) is 69.1 Å². The highest BCUT2D eigenvalue weighted by molar-refractivity contribution is 5.79. The van der Waals surface area contributed by atoms with E-state index in [1.54, 1.807) is 0 Å². The van der Waals surface area contributed by atoms with E-state index >= 15 is 0 Å². The van der Waals surface area contributed by atoms with Crippen molar-refractivity contribution < 1.29 is 4.79 Å². The number of aryl methyl sites for hydroxylation is 2. The first-order valence-electron chi connectivity index (χ1n) is 10.2. The van der Waals surface area contributed by atoms with Gasteiger partial charge in [-0.2, -0.15) is 0 Å². The maximum absolute atomic E-state index is 12.4. The molecule has 1 saturated carbocycles. The Balaban J connectivity index is 1.32. The number of hydrogen-bond donors (Lipinski definition) is 1. The van der Waals surface area contributed by atoms with Crippen LogP contribution in [0.5, 0.6) is 0 Å². The van der Waals surface area contributed by atoms with Gasteiger partial charge in [0.25, 0.3) is 0 Å². The molecule has 0 unspecified atom stereocenters. The second-order valence-electron chi connectivity index (χ2n) is 8.26. The third kappa shape index (κ3) is 4.00. The largest absolute Gasteiger partial charge is 0.355 e. The first kappa shape index (κ1) is 17.7. The molecule has 2 aliphatic heterocycles. The van der Waals surface area contributed by atoms with Crippen LogP contribution in [-0.2, 0) is 4.79 Å². The van der Waals surface area contributed by atoms with Crippen LogP contribution < -0.4 is 10.2 Å². The van der Waals surface area contributed by atoms with E-state index in [1.807, 2.05) is 20.0 Å². The van der Waals surface area contributed by atoms with Gasteiger partial charge in [-0.25, -0.2) is 4.98 Å². The van der Waals surface area contributed by atoms with Crippen LogP contribution in [0.1, 0.15) is 49.9 Å². The number of rotatable bonds is 4. The zero-order valence-corrected chi connectivity index (χ0v) is 16.1. The van der Waals surface area contributed by atoms with Crippen molar-refractivity contribution in [3.63, 3.8) is 0 Å². The van der Waals surface area contributed by atoms with Crippen LogP contribution in [0, 0.1) is 19.8 Å². The SMILES string of the molecule is Cc1cnc(C)c(N2CCC(N3CCC[C@@H](C(=O)NC4CC4)C3)CC2)n1. The summed E-state index contributed by atoms with van der Waals surface area (Å²) in [6, 6.07) is 1.07. The van der Waals surface area contributed by atoms with Gasteiger partial charge in [-0.05, 0) is 58.9 Å². The molecule has 142 valence electrons. The Bertz CT molecular complexity index is 652. The topological polar surface area (TPSA) is 61.4 Å². The number of amides is 1. The van der Waals surface area contributed by atoms with Crippen molar-refractivity contribution in [3.8, 4) is 0 Å². The molecule has 1 aromatic rings. The molecule has 26 heavy (non-hydrogen) atoms. The maximum Gasteiger partial charge on any atom is 0.224 e. The molecule has 4 rings (SSSR count). The minimum absolute atomic E-state index is 0.187. The second-order valence-corrected chi connectivity index (χ2v) is 8.26. The number of hydrogen-bond acceptors (Lipinski definition) is 5. The number of likely N-dealkylation sites (tertiary alicyclic amines) is 1. The molecule has 1 aromatic heterocycles. The van der Waals surface area contributed by atoms with E-state index in [4.69, 9.17) is 4.98 Å². The molecule has 0 bridgehead atoms. The van der Waals surface area contributed by atoms with Crippen molar-refractivity contribution in [1.82, 2.24) is 20.2 Å². The molecule has 6 nitrogen and oxygen atoms in total. The predicted molar refractivity (Wildman–Crippen MR) is 102 cm³/mol. The Kier molecular flexibility index (Phi) is 5.11. The summed E-state index contributed by atoms with van der Waals surface area (Å²) in [6.07, 6.45) is 8.66. The fourth-order valence-corrected chi connectivity index (χ4v) is 4.37. The average molecular weight is 358 g/mol. The lowest BCUT2D eigenvalue weighted by molar-refractivity contribution is -0.127. The van der Waals surface area contributed by atoms with E-state index in [1.165, 1.54) is 12.8 Å². The average Bonchev–Trinajstić information content (AvgIpc) is 3.48. The number of anilines is 1. The first-order chi connectivity index (χ1) is 12.6. The normalized spacial score (nSPS) is 25.3. The van der Waals surface area contributed by atoms with E-state index in [9.17, 15) is 4.79 Å². The van der Waals surface area contributed by atoms with Gasteiger partial charge in [-0.1, -0.05) is 0 Å². The smallest absolute Gasteiger partial charge is 0.224 e. The lowest BCUT2D eigenvalue weighted by atomic mass is 9.93. The van der Waals surface area contributed by atoms with Crippen molar-refractivity contribution >= 4 is 11.7 Å². The van der Waals surface area contributed by atoms with Crippen LogP contribution in [0.25, 0.3) is 0 Å². The minimum atomic E-state index is 0.187. The highest BCUT2D eigenvalue weighted by Gasteiger charge is 2.34. The Hall–Kier alpha value is -1.69. The molecular formula is C20H31N5O. The third-order valence-corrected chi connectivity index (χ3v) is 6.08. The predicted octanol–water partition coefficient (Wildman–Crippen LogP) is 2.05. The first-order valence-corrected chi connectivity index (χ1v) is 10.2. The number of carbonyl (C=O) groups is 1. The third-order valence-electron chi connectivity index (χ3n) is 6.08. The second kappa shape index (κ2) is 7.51. The molecule has 1 aliphatic carbocycles. The zero-order valence-electron chi connectivity index (χ0n) is 16.1. The van der Waals surface area contributed by atoms with Gasteiger partial charge in [-0.3, -0.25) is 14.7 Å². The number of piperidine rings is 2. The van der Waals surface area contributed by atoms with Crippen molar-refractivity contribution in [2.45, 2.75) is 64.5 Å². The fraction of sp³-hybridized carbons (Fsp3) is 0.750. The molecule has 2 saturated heterocycles. The number of nitrogens with zero attached hydrogens (tertiary/aromatic N) is 4. The van der Waals surface area contributed by atoms with E-state index in [0.29, 0.717) is 18.0 Å². The molecule has 3 fully saturated rings. The Morgan fingerprint density at radius 1 is 1.12 bits per heavy atom. The molecular weight excluding hydrogens is 326 g/mol. The van der Waals surface area contributed by atoms with Crippen molar-refractivity contribution in [1.29, 1.82) is 0 Å². The molecule has 3 aliphatic rings. The number of carbonyl (C=O) groups excluding carboxylic acids is 1. The van der Waals surface area contributed by atoms with Gasteiger partial charge in [0.15, 0.2) is 0 Å². The highest BCUT2D eigenvalue weighted by Crippen LogP contribution is 2.27. The Morgan fingerprint density at radius 3 is 2.62 bits per heavy atom. The Morgan fingerprint density at radius 2 is 1.88 bits per heavy atom. The van der Waals surface area contributed by atoms with Gasteiger partial charge in [0.05, 0.1) is 17.3 Å². The maximum atomic E-state index is 12.4. The summed E-state index contributed by atoms with van der Waals surface area (Å²) >= 11 is 0. The molecule has 0 spiro atoms. The van der Waals surface area contributed by atoms with Crippen molar-refractivity contribution in [2.24, 2.45) is 5.92 Å². The van der Waals surface area contributed by atoms with Gasteiger partial charge in [-0.15, -0.1) is 0 Å². The van der Waals surface area contributed by atoms with E-state index < -0.39 is 0 Å². The van der Waals surface area contributed by atoms with Gasteiger partial charge in [0.1, 0.15) is 5.82 Å². The molecule has 0 aromatic carbocycles. The fourth-order valence-electron chi connectivity index (χ4n) is 4.37. The lowest BCUT2D eigenvalue weighted by Crippen LogP contribution is -2.51. The summed E-state index contributed by atoms with van der Waals surface area (Å²) in [6.45, 7) is 8.18. The van der Waals surface area contributed by atoms with Crippen molar-refractivity contribution in [3.05, 3.63) is 17.6 Å². The Labute approximate surface area is 156 Å². The van der Waals surface area contributed by atoms with Crippen LogP contribution >= 0.6 is 0 Å². The molecule has 1 atom stereocenters. The van der Waals surface area contributed by atoms with E-state index in [2.05, 4.69) is 20.1 Å². The monoisotopic (exact) mass is 357 g/mol. The van der Waals surface area contributed by atoms with Crippen LogP contribution in [0.4, 0.5) is 5.82 Å². The van der Waals surface area contributed by atoms with Gasteiger partial charge in [0.2, 0.25) is 5.91 Å². The molecule has 1 N–H and O–H groups in total. The van der Waals surface area contributed by atoms with Gasteiger partial charge < -0.3 is 10.2 Å². The summed E-state index contributed by atoms with van der Waals surface area (Å²) in [5.41, 5.74) is 2.00. The van der Waals surface area contributed by atoms with Crippen LogP contribution in [0.3, 0.4) is 0 Å². The van der Waals surface area contributed by atoms with Crippen LogP contribution in [-0.4, -0.2) is 59.0 Å². The lowest BCUT2D eigenvalue weighted by Gasteiger charge is -2.42. The summed E-state index contributed by atoms with van der Waals surface area (Å²) in [5.74, 6) is 1.52. The van der Waals surface area contributed by atoms with E-state index in [-0.39, 0.29) is 5.92 Å². The summed E-state index contributed by atoms with van der Waals surface area (Å²) < 4.78 is 0. The molecule has 6 heteroatoms. The van der Waals surface area contributed by atoms with Crippen LogP contribution in [0.15, 0.2) is 6.20 Å². The van der Waals surface area contributed by atoms with Crippen molar-refractivity contribution in [2.75, 3.05) is 31.1 Å². The molecule has 1 amide bonds.